The largest absolute Gasteiger partial charge is 0.482 e. The number of anilines is 2. The summed E-state index contributed by atoms with van der Waals surface area (Å²) in [6.45, 7) is 1.65. The molecule has 162 valence electrons. The van der Waals surface area contributed by atoms with Crippen LogP contribution in [0.4, 0.5) is 16.2 Å². The van der Waals surface area contributed by atoms with Gasteiger partial charge in [0.25, 0.3) is 5.91 Å². The van der Waals surface area contributed by atoms with Gasteiger partial charge in [0.2, 0.25) is 5.91 Å². The maximum atomic E-state index is 12.5. The van der Waals surface area contributed by atoms with Gasteiger partial charge in [0.05, 0.1) is 5.69 Å². The Morgan fingerprint density at radius 3 is 2.71 bits per heavy atom. The molecule has 2 aliphatic heterocycles. The van der Waals surface area contributed by atoms with Crippen molar-refractivity contribution >= 4 is 45.2 Å². The van der Waals surface area contributed by atoms with Crippen LogP contribution in [-0.2, 0) is 16.1 Å². The Bertz CT molecular complexity index is 1010. The molecule has 2 N–H and O–H groups in total. The number of fused-ring (bicyclic) bond motifs is 1. The molecular formula is C22H23BrN4O4. The summed E-state index contributed by atoms with van der Waals surface area (Å²) in [6, 6.07) is 12.6. The Morgan fingerprint density at radius 1 is 1.10 bits per heavy atom. The summed E-state index contributed by atoms with van der Waals surface area (Å²) in [5.74, 6) is 0.00967. The lowest BCUT2D eigenvalue weighted by atomic mass is 10.2. The maximum absolute atomic E-state index is 12.5. The zero-order valence-corrected chi connectivity index (χ0v) is 18.5. The van der Waals surface area contributed by atoms with E-state index in [1.807, 2.05) is 24.3 Å². The minimum atomic E-state index is -0.282. The highest BCUT2D eigenvalue weighted by atomic mass is 79.9. The van der Waals surface area contributed by atoms with E-state index in [1.165, 1.54) is 4.90 Å². The molecule has 8 nitrogen and oxygen atoms in total. The smallest absolute Gasteiger partial charge is 0.321 e. The van der Waals surface area contributed by atoms with E-state index in [9.17, 15) is 14.4 Å². The summed E-state index contributed by atoms with van der Waals surface area (Å²) in [5.41, 5.74) is 2.11. The number of hydrogen-bond donors (Lipinski definition) is 2. The Labute approximate surface area is 188 Å². The summed E-state index contributed by atoms with van der Waals surface area (Å²) in [6.07, 6.45) is 2.07. The van der Waals surface area contributed by atoms with Crippen LogP contribution in [0.2, 0.25) is 0 Å². The van der Waals surface area contributed by atoms with Crippen LogP contribution in [0.1, 0.15) is 18.4 Å². The third-order valence-corrected chi connectivity index (χ3v) is 5.72. The first kappa shape index (κ1) is 21.2. The summed E-state index contributed by atoms with van der Waals surface area (Å²) < 4.78 is 6.28. The second-order valence-corrected chi connectivity index (χ2v) is 8.40. The van der Waals surface area contributed by atoms with Crippen molar-refractivity contribution in [1.29, 1.82) is 0 Å². The minimum absolute atomic E-state index is 0.0950. The summed E-state index contributed by atoms with van der Waals surface area (Å²) in [7, 11) is 0. The highest BCUT2D eigenvalue weighted by Gasteiger charge is 2.27. The molecule has 2 aromatic rings. The highest BCUT2D eigenvalue weighted by molar-refractivity contribution is 9.10. The van der Waals surface area contributed by atoms with Gasteiger partial charge in [-0.3, -0.25) is 14.5 Å². The lowest BCUT2D eigenvalue weighted by Crippen LogP contribution is -2.45. The average Bonchev–Trinajstić information content (AvgIpc) is 3.30. The third kappa shape index (κ3) is 5.16. The van der Waals surface area contributed by atoms with E-state index in [0.29, 0.717) is 17.1 Å². The highest BCUT2D eigenvalue weighted by Crippen LogP contribution is 2.34. The SMILES string of the molecule is O=C(CN1C(=O)COc2cc(Br)ccc21)NCc1cccc(NC(=O)N2CCCC2)c1. The molecule has 2 aromatic carbocycles. The van der Waals surface area contributed by atoms with E-state index in [1.54, 1.807) is 23.1 Å². The van der Waals surface area contributed by atoms with Crippen LogP contribution in [0, 0.1) is 0 Å². The van der Waals surface area contributed by atoms with Gasteiger partial charge in [-0.15, -0.1) is 0 Å². The van der Waals surface area contributed by atoms with E-state index >= 15 is 0 Å². The first-order chi connectivity index (χ1) is 15.0. The lowest BCUT2D eigenvalue weighted by molar-refractivity contribution is -0.125. The van der Waals surface area contributed by atoms with Crippen molar-refractivity contribution < 1.29 is 19.1 Å². The standard InChI is InChI=1S/C22H23BrN4O4/c23-16-6-7-18-19(11-16)31-14-21(29)27(18)13-20(28)24-12-15-4-3-5-17(10-15)25-22(30)26-8-1-2-9-26/h3-7,10-11H,1-2,8-9,12-14H2,(H,24,28)(H,25,30). The zero-order chi connectivity index (χ0) is 21.8. The molecule has 0 spiro atoms. The van der Waals surface area contributed by atoms with Gasteiger partial charge >= 0.3 is 6.03 Å². The number of likely N-dealkylation sites (tertiary alicyclic amines) is 1. The van der Waals surface area contributed by atoms with Crippen molar-refractivity contribution in [2.75, 3.05) is 36.5 Å². The molecule has 0 unspecified atom stereocenters. The van der Waals surface area contributed by atoms with Crippen molar-refractivity contribution in [1.82, 2.24) is 10.2 Å². The van der Waals surface area contributed by atoms with E-state index in [2.05, 4.69) is 26.6 Å². The topological polar surface area (TPSA) is 91.0 Å². The molecule has 0 aromatic heterocycles. The van der Waals surface area contributed by atoms with Crippen molar-refractivity contribution in [2.45, 2.75) is 19.4 Å². The molecule has 0 atom stereocenters. The van der Waals surface area contributed by atoms with Crippen LogP contribution in [0.3, 0.4) is 0 Å². The first-order valence-corrected chi connectivity index (χ1v) is 10.9. The molecule has 0 radical (unpaired) electrons. The van der Waals surface area contributed by atoms with Crippen LogP contribution in [-0.4, -0.2) is 49.0 Å². The first-order valence-electron chi connectivity index (χ1n) is 10.1. The van der Waals surface area contributed by atoms with Crippen LogP contribution in [0.5, 0.6) is 5.75 Å². The zero-order valence-electron chi connectivity index (χ0n) is 16.9. The van der Waals surface area contributed by atoms with E-state index < -0.39 is 0 Å². The molecule has 9 heteroatoms. The number of carbonyl (C=O) groups excluding carboxylic acids is 3. The Hall–Kier alpha value is -3.07. The van der Waals surface area contributed by atoms with Gasteiger partial charge in [-0.1, -0.05) is 28.1 Å². The van der Waals surface area contributed by atoms with Gasteiger partial charge in [-0.25, -0.2) is 4.79 Å². The fraction of sp³-hybridized carbons (Fsp3) is 0.318. The maximum Gasteiger partial charge on any atom is 0.321 e. The molecule has 4 amide bonds. The van der Waals surface area contributed by atoms with Crippen LogP contribution in [0.15, 0.2) is 46.9 Å². The molecule has 31 heavy (non-hydrogen) atoms. The third-order valence-electron chi connectivity index (χ3n) is 5.23. The minimum Gasteiger partial charge on any atom is -0.482 e. The Kier molecular flexibility index (Phi) is 6.41. The summed E-state index contributed by atoms with van der Waals surface area (Å²) in [5, 5.41) is 5.74. The number of benzene rings is 2. The van der Waals surface area contributed by atoms with Crippen LogP contribution < -0.4 is 20.3 Å². The van der Waals surface area contributed by atoms with Crippen molar-refractivity contribution in [3.63, 3.8) is 0 Å². The number of ether oxygens (including phenoxy) is 1. The number of amides is 4. The molecule has 0 aliphatic carbocycles. The molecule has 1 fully saturated rings. The van der Waals surface area contributed by atoms with Gasteiger partial charge < -0.3 is 20.3 Å². The molecule has 0 bridgehead atoms. The monoisotopic (exact) mass is 486 g/mol. The number of nitrogens with zero attached hydrogens (tertiary/aromatic N) is 2. The van der Waals surface area contributed by atoms with E-state index in [-0.39, 0.29) is 37.5 Å². The predicted octanol–water partition coefficient (Wildman–Crippen LogP) is 3.12. The molecule has 0 saturated carbocycles. The quantitative estimate of drug-likeness (QED) is 0.678. The molecule has 2 heterocycles. The molecular weight excluding hydrogens is 464 g/mol. The van der Waals surface area contributed by atoms with Crippen molar-refractivity contribution in [3.8, 4) is 5.75 Å². The number of nitrogens with one attached hydrogen (secondary N) is 2. The Balaban J connectivity index is 1.34. The van der Waals surface area contributed by atoms with E-state index in [0.717, 1.165) is 36.0 Å². The van der Waals surface area contributed by atoms with Gasteiger partial charge in [0.15, 0.2) is 6.61 Å². The molecule has 1 saturated heterocycles. The van der Waals surface area contributed by atoms with Gasteiger partial charge in [-0.05, 0) is 48.7 Å². The predicted molar refractivity (Wildman–Crippen MR) is 120 cm³/mol. The fourth-order valence-corrected chi connectivity index (χ4v) is 3.97. The summed E-state index contributed by atoms with van der Waals surface area (Å²) >= 11 is 3.38. The van der Waals surface area contributed by atoms with Crippen molar-refractivity contribution in [3.05, 3.63) is 52.5 Å². The normalized spacial score (nSPS) is 15.3. The fourth-order valence-electron chi connectivity index (χ4n) is 3.63. The molecule has 2 aliphatic rings. The molecule has 4 rings (SSSR count). The number of halogens is 1. The number of urea groups is 1. The lowest BCUT2D eigenvalue weighted by Gasteiger charge is -2.29. The second kappa shape index (κ2) is 9.38. The van der Waals surface area contributed by atoms with Crippen LogP contribution >= 0.6 is 15.9 Å². The second-order valence-electron chi connectivity index (χ2n) is 7.48. The Morgan fingerprint density at radius 2 is 1.90 bits per heavy atom. The number of carbonyl (C=O) groups is 3. The van der Waals surface area contributed by atoms with Crippen molar-refractivity contribution in [2.24, 2.45) is 0 Å². The average molecular weight is 487 g/mol. The van der Waals surface area contributed by atoms with Crippen LogP contribution in [0.25, 0.3) is 0 Å². The summed E-state index contributed by atoms with van der Waals surface area (Å²) in [4.78, 5) is 40.3. The number of rotatable bonds is 5. The van der Waals surface area contributed by atoms with Gasteiger partial charge in [0.1, 0.15) is 12.3 Å². The van der Waals surface area contributed by atoms with Gasteiger partial charge in [-0.2, -0.15) is 0 Å². The number of hydrogen-bond acceptors (Lipinski definition) is 4. The van der Waals surface area contributed by atoms with E-state index in [4.69, 9.17) is 4.74 Å². The van der Waals surface area contributed by atoms with Gasteiger partial charge in [0, 0.05) is 29.8 Å².